The van der Waals surface area contributed by atoms with E-state index in [9.17, 15) is 4.79 Å². The van der Waals surface area contributed by atoms with Gasteiger partial charge in [0.15, 0.2) is 0 Å². The molecule has 6 nitrogen and oxygen atoms in total. The van der Waals surface area contributed by atoms with Crippen LogP contribution in [0.3, 0.4) is 0 Å². The normalized spacial score (nSPS) is 18.0. The number of nitrogens with one attached hydrogen (secondary N) is 1. The highest BCUT2D eigenvalue weighted by Gasteiger charge is 2.22. The first-order chi connectivity index (χ1) is 10.7. The zero-order valence-electron chi connectivity index (χ0n) is 13.1. The summed E-state index contributed by atoms with van der Waals surface area (Å²) >= 11 is 0. The van der Waals surface area contributed by atoms with Gasteiger partial charge in [-0.15, -0.1) is 5.10 Å². The molecule has 0 bridgehead atoms. The van der Waals surface area contributed by atoms with Gasteiger partial charge in [-0.1, -0.05) is 6.58 Å². The van der Waals surface area contributed by atoms with Crippen LogP contribution in [0.4, 0.5) is 5.82 Å². The Morgan fingerprint density at radius 3 is 3.09 bits per heavy atom. The SMILES string of the molecule is C=CC(=O)N1CCCC(Cc2ccc(NCCOC)nn2)C1. The quantitative estimate of drug-likeness (QED) is 0.611. The summed E-state index contributed by atoms with van der Waals surface area (Å²) in [5, 5.41) is 11.6. The van der Waals surface area contributed by atoms with Crippen molar-refractivity contribution in [2.75, 3.05) is 38.7 Å². The van der Waals surface area contributed by atoms with Crippen LogP contribution in [-0.2, 0) is 16.0 Å². The summed E-state index contributed by atoms with van der Waals surface area (Å²) < 4.78 is 4.98. The molecule has 1 aromatic heterocycles. The van der Waals surface area contributed by atoms with E-state index in [1.807, 2.05) is 17.0 Å². The standard InChI is InChI=1S/C16H24N4O2/c1-3-16(21)20-9-4-5-13(12-20)11-14-6-7-15(19-18-14)17-8-10-22-2/h3,6-7,13H,1,4-5,8-12H2,2H3,(H,17,19). The lowest BCUT2D eigenvalue weighted by Gasteiger charge is -2.31. The lowest BCUT2D eigenvalue weighted by atomic mass is 9.93. The minimum atomic E-state index is 0.0217. The Hall–Kier alpha value is -1.95. The van der Waals surface area contributed by atoms with Gasteiger partial charge in [0.25, 0.3) is 0 Å². The number of hydrogen-bond donors (Lipinski definition) is 1. The molecule has 1 aliphatic heterocycles. The summed E-state index contributed by atoms with van der Waals surface area (Å²) in [5.41, 5.74) is 0.968. The minimum Gasteiger partial charge on any atom is -0.383 e. The van der Waals surface area contributed by atoms with Crippen molar-refractivity contribution in [1.29, 1.82) is 0 Å². The van der Waals surface area contributed by atoms with Crippen molar-refractivity contribution < 1.29 is 9.53 Å². The Bertz CT molecular complexity index is 489. The lowest BCUT2D eigenvalue weighted by molar-refractivity contribution is -0.127. The number of piperidine rings is 1. The van der Waals surface area contributed by atoms with Crippen molar-refractivity contribution in [3.63, 3.8) is 0 Å². The van der Waals surface area contributed by atoms with Gasteiger partial charge in [0.1, 0.15) is 5.82 Å². The summed E-state index contributed by atoms with van der Waals surface area (Å²) in [7, 11) is 1.67. The summed E-state index contributed by atoms with van der Waals surface area (Å²) in [6.45, 7) is 6.51. The van der Waals surface area contributed by atoms with E-state index in [1.165, 1.54) is 6.08 Å². The molecule has 0 aliphatic carbocycles. The molecule has 0 spiro atoms. The molecule has 0 aromatic carbocycles. The lowest BCUT2D eigenvalue weighted by Crippen LogP contribution is -2.39. The van der Waals surface area contributed by atoms with E-state index >= 15 is 0 Å². The largest absolute Gasteiger partial charge is 0.383 e. The fourth-order valence-corrected chi connectivity index (χ4v) is 2.70. The molecule has 22 heavy (non-hydrogen) atoms. The van der Waals surface area contributed by atoms with E-state index in [-0.39, 0.29) is 5.91 Å². The van der Waals surface area contributed by atoms with Crippen molar-refractivity contribution in [2.24, 2.45) is 5.92 Å². The Balaban J connectivity index is 1.85. The summed E-state index contributed by atoms with van der Waals surface area (Å²) in [5.74, 6) is 1.22. The molecule has 120 valence electrons. The van der Waals surface area contributed by atoms with Gasteiger partial charge in [-0.2, -0.15) is 5.10 Å². The second-order valence-electron chi connectivity index (χ2n) is 5.53. The Morgan fingerprint density at radius 2 is 2.41 bits per heavy atom. The first kappa shape index (κ1) is 16.4. The van der Waals surface area contributed by atoms with Gasteiger partial charge in [0.2, 0.25) is 5.91 Å². The number of hydrogen-bond acceptors (Lipinski definition) is 5. The van der Waals surface area contributed by atoms with Crippen molar-refractivity contribution >= 4 is 11.7 Å². The van der Waals surface area contributed by atoms with Gasteiger partial charge >= 0.3 is 0 Å². The number of carbonyl (C=O) groups excluding carboxylic acids is 1. The third-order valence-corrected chi connectivity index (χ3v) is 3.84. The summed E-state index contributed by atoms with van der Waals surface area (Å²) in [6, 6.07) is 3.93. The van der Waals surface area contributed by atoms with Crippen LogP contribution in [0.1, 0.15) is 18.5 Å². The van der Waals surface area contributed by atoms with Crippen LogP contribution in [0.25, 0.3) is 0 Å². The Morgan fingerprint density at radius 1 is 1.55 bits per heavy atom. The number of carbonyl (C=O) groups is 1. The molecular formula is C16H24N4O2. The first-order valence-electron chi connectivity index (χ1n) is 7.69. The van der Waals surface area contributed by atoms with Crippen molar-refractivity contribution in [2.45, 2.75) is 19.3 Å². The number of likely N-dealkylation sites (tertiary alicyclic amines) is 1. The Kier molecular flexibility index (Phi) is 6.33. The van der Waals surface area contributed by atoms with Crippen molar-refractivity contribution in [3.05, 3.63) is 30.5 Å². The average Bonchev–Trinajstić information content (AvgIpc) is 2.56. The third kappa shape index (κ3) is 4.80. The zero-order valence-corrected chi connectivity index (χ0v) is 13.1. The van der Waals surface area contributed by atoms with Crippen molar-refractivity contribution in [1.82, 2.24) is 15.1 Å². The molecule has 1 aromatic rings. The first-order valence-corrected chi connectivity index (χ1v) is 7.69. The molecule has 2 rings (SSSR count). The molecule has 1 amide bonds. The predicted octanol–water partition coefficient (Wildman–Crippen LogP) is 1.50. The van der Waals surface area contributed by atoms with E-state index in [0.717, 1.165) is 43.9 Å². The molecule has 0 radical (unpaired) electrons. The van der Waals surface area contributed by atoms with E-state index in [0.29, 0.717) is 19.1 Å². The number of anilines is 1. The van der Waals surface area contributed by atoms with Crippen LogP contribution >= 0.6 is 0 Å². The third-order valence-electron chi connectivity index (χ3n) is 3.84. The van der Waals surface area contributed by atoms with Gasteiger partial charge in [-0.25, -0.2) is 0 Å². The molecule has 6 heteroatoms. The number of amides is 1. The highest BCUT2D eigenvalue weighted by Crippen LogP contribution is 2.20. The molecular weight excluding hydrogens is 280 g/mol. The van der Waals surface area contributed by atoms with Crippen LogP contribution in [0.5, 0.6) is 0 Å². The average molecular weight is 304 g/mol. The monoisotopic (exact) mass is 304 g/mol. The molecule has 2 heterocycles. The molecule has 1 saturated heterocycles. The molecule has 1 N–H and O–H groups in total. The number of ether oxygens (including phenoxy) is 1. The molecule has 1 fully saturated rings. The zero-order chi connectivity index (χ0) is 15.8. The predicted molar refractivity (Wildman–Crippen MR) is 85.6 cm³/mol. The molecule has 1 aliphatic rings. The van der Waals surface area contributed by atoms with Crippen molar-refractivity contribution in [3.8, 4) is 0 Å². The van der Waals surface area contributed by atoms with E-state index in [4.69, 9.17) is 4.74 Å². The van der Waals surface area contributed by atoms with Gasteiger partial charge in [-0.05, 0) is 43.4 Å². The van der Waals surface area contributed by atoms with Gasteiger partial charge in [-0.3, -0.25) is 4.79 Å². The second-order valence-corrected chi connectivity index (χ2v) is 5.53. The van der Waals surface area contributed by atoms with Crippen LogP contribution in [0.15, 0.2) is 24.8 Å². The van der Waals surface area contributed by atoms with Crippen LogP contribution < -0.4 is 5.32 Å². The van der Waals surface area contributed by atoms with Crippen LogP contribution in [-0.4, -0.2) is 54.4 Å². The highest BCUT2D eigenvalue weighted by molar-refractivity contribution is 5.87. The number of nitrogens with zero attached hydrogens (tertiary/aromatic N) is 3. The Labute approximate surface area is 131 Å². The van der Waals surface area contributed by atoms with Crippen LogP contribution in [0, 0.1) is 5.92 Å². The van der Waals surface area contributed by atoms with E-state index in [1.54, 1.807) is 7.11 Å². The van der Waals surface area contributed by atoms with Gasteiger partial charge in [0, 0.05) is 26.7 Å². The maximum atomic E-state index is 11.7. The molecule has 1 atom stereocenters. The topological polar surface area (TPSA) is 67.4 Å². The van der Waals surface area contributed by atoms with E-state index in [2.05, 4.69) is 22.1 Å². The number of rotatable bonds is 7. The number of aromatic nitrogens is 2. The fraction of sp³-hybridized carbons (Fsp3) is 0.562. The summed E-state index contributed by atoms with van der Waals surface area (Å²) in [6.07, 6.45) is 4.40. The highest BCUT2D eigenvalue weighted by atomic mass is 16.5. The van der Waals surface area contributed by atoms with Gasteiger partial charge < -0.3 is 15.0 Å². The number of methoxy groups -OCH3 is 1. The molecule has 0 saturated carbocycles. The van der Waals surface area contributed by atoms with Gasteiger partial charge in [0.05, 0.1) is 12.3 Å². The summed E-state index contributed by atoms with van der Waals surface area (Å²) in [4.78, 5) is 13.6. The van der Waals surface area contributed by atoms with E-state index < -0.39 is 0 Å². The molecule has 1 unspecified atom stereocenters. The maximum absolute atomic E-state index is 11.7. The fourth-order valence-electron chi connectivity index (χ4n) is 2.70. The van der Waals surface area contributed by atoms with Crippen LogP contribution in [0.2, 0.25) is 0 Å². The maximum Gasteiger partial charge on any atom is 0.245 e. The second kappa shape index (κ2) is 8.48. The minimum absolute atomic E-state index is 0.0217. The smallest absolute Gasteiger partial charge is 0.245 e.